The van der Waals surface area contributed by atoms with Crippen molar-refractivity contribution in [1.82, 2.24) is 0 Å². The summed E-state index contributed by atoms with van der Waals surface area (Å²) >= 11 is 0. The zero-order chi connectivity index (χ0) is 10.7. The van der Waals surface area contributed by atoms with Crippen LogP contribution in [0.3, 0.4) is 0 Å². The molecular formula is C9H10N6. The zero-order valence-electron chi connectivity index (χ0n) is 7.91. The Kier molecular flexibility index (Phi) is 2.36. The van der Waals surface area contributed by atoms with Crippen LogP contribution in [0.1, 0.15) is 0 Å². The third kappa shape index (κ3) is 2.12. The van der Waals surface area contributed by atoms with E-state index in [1.807, 2.05) is 30.3 Å². The van der Waals surface area contributed by atoms with Crippen LogP contribution in [0.2, 0.25) is 0 Å². The Morgan fingerprint density at radius 1 is 1.07 bits per heavy atom. The molecule has 0 bridgehead atoms. The van der Waals surface area contributed by atoms with Crippen LogP contribution in [-0.4, -0.2) is 5.79 Å². The van der Waals surface area contributed by atoms with E-state index in [0.717, 1.165) is 5.69 Å². The minimum Gasteiger partial charge on any atom is -0.288 e. The number of azo groups is 2. The maximum absolute atomic E-state index is 5.58. The molecule has 76 valence electrons. The molecule has 4 N–H and O–H groups in total. The van der Waals surface area contributed by atoms with E-state index in [9.17, 15) is 0 Å². The van der Waals surface area contributed by atoms with Crippen molar-refractivity contribution >= 4 is 5.69 Å². The Balaban J connectivity index is 2.14. The van der Waals surface area contributed by atoms with Crippen molar-refractivity contribution in [3.05, 3.63) is 42.2 Å². The number of hydrogen-bond acceptors (Lipinski definition) is 6. The van der Waals surface area contributed by atoms with Crippen molar-refractivity contribution in [2.45, 2.75) is 5.79 Å². The molecule has 0 atom stereocenters. The maximum Gasteiger partial charge on any atom is 0.227 e. The van der Waals surface area contributed by atoms with E-state index in [1.54, 1.807) is 0 Å². The first kappa shape index (κ1) is 9.63. The molecule has 6 heteroatoms. The molecule has 1 aliphatic rings. The van der Waals surface area contributed by atoms with Crippen LogP contribution in [0, 0.1) is 0 Å². The average molecular weight is 202 g/mol. The number of nitrogens with zero attached hydrogens (tertiary/aromatic N) is 4. The van der Waals surface area contributed by atoms with Crippen LogP contribution in [0.5, 0.6) is 0 Å². The Morgan fingerprint density at radius 3 is 2.40 bits per heavy atom. The summed E-state index contributed by atoms with van der Waals surface area (Å²) in [5, 5.41) is 15.0. The molecule has 0 saturated carbocycles. The molecule has 0 fully saturated rings. The third-order valence-electron chi connectivity index (χ3n) is 1.84. The van der Waals surface area contributed by atoms with Crippen molar-refractivity contribution in [3.63, 3.8) is 0 Å². The fourth-order valence-electron chi connectivity index (χ4n) is 1.05. The van der Waals surface area contributed by atoms with Crippen molar-refractivity contribution in [2.24, 2.45) is 31.9 Å². The molecule has 1 heterocycles. The number of hydrogen-bond donors (Lipinski definition) is 2. The highest BCUT2D eigenvalue weighted by molar-refractivity contribution is 5.35. The Morgan fingerprint density at radius 2 is 1.80 bits per heavy atom. The van der Waals surface area contributed by atoms with Gasteiger partial charge in [-0.25, -0.2) is 0 Å². The summed E-state index contributed by atoms with van der Waals surface area (Å²) in [6.07, 6.45) is 1.40. The molecule has 1 aromatic rings. The second kappa shape index (κ2) is 3.68. The molecule has 0 aromatic heterocycles. The van der Waals surface area contributed by atoms with Crippen molar-refractivity contribution in [1.29, 1.82) is 0 Å². The first-order valence-electron chi connectivity index (χ1n) is 4.36. The second-order valence-corrected chi connectivity index (χ2v) is 3.09. The predicted octanol–water partition coefficient (Wildman–Crippen LogP) is 1.65. The lowest BCUT2D eigenvalue weighted by Gasteiger charge is -2.11. The highest BCUT2D eigenvalue weighted by Crippen LogP contribution is 2.21. The summed E-state index contributed by atoms with van der Waals surface area (Å²) < 4.78 is 0. The van der Waals surface area contributed by atoms with Gasteiger partial charge in [-0.3, -0.25) is 11.5 Å². The van der Waals surface area contributed by atoms with E-state index in [0.29, 0.717) is 5.70 Å². The van der Waals surface area contributed by atoms with Crippen molar-refractivity contribution in [2.75, 3.05) is 0 Å². The van der Waals surface area contributed by atoms with Gasteiger partial charge in [0.1, 0.15) is 5.70 Å². The van der Waals surface area contributed by atoms with E-state index >= 15 is 0 Å². The van der Waals surface area contributed by atoms with Crippen LogP contribution in [-0.2, 0) is 0 Å². The number of rotatable bonds is 2. The molecule has 0 aliphatic carbocycles. The Bertz CT molecular complexity index is 431. The molecule has 0 amide bonds. The lowest BCUT2D eigenvalue weighted by Crippen LogP contribution is -2.47. The van der Waals surface area contributed by atoms with Gasteiger partial charge in [-0.15, -0.1) is 10.2 Å². The van der Waals surface area contributed by atoms with Gasteiger partial charge in [-0.05, 0) is 12.1 Å². The molecule has 0 saturated heterocycles. The van der Waals surface area contributed by atoms with E-state index in [-0.39, 0.29) is 0 Å². The minimum atomic E-state index is -1.35. The largest absolute Gasteiger partial charge is 0.288 e. The standard InChI is InChI=1S/C9H10N6/c10-9(11)8(6-12-15-9)14-13-7-4-2-1-3-5-7/h1-6H,10-11H2. The monoisotopic (exact) mass is 202 g/mol. The quantitative estimate of drug-likeness (QED) is 0.562. The van der Waals surface area contributed by atoms with Crippen LogP contribution in [0.25, 0.3) is 0 Å². The maximum atomic E-state index is 5.58. The molecular weight excluding hydrogens is 192 g/mol. The third-order valence-corrected chi connectivity index (χ3v) is 1.84. The summed E-state index contributed by atoms with van der Waals surface area (Å²) in [7, 11) is 0. The summed E-state index contributed by atoms with van der Waals surface area (Å²) in [6.45, 7) is 0. The van der Waals surface area contributed by atoms with E-state index < -0.39 is 5.79 Å². The molecule has 2 rings (SSSR count). The predicted molar refractivity (Wildman–Crippen MR) is 55.0 cm³/mol. The molecule has 0 unspecified atom stereocenters. The Labute approximate surface area is 86.4 Å². The van der Waals surface area contributed by atoms with Crippen molar-refractivity contribution in [3.8, 4) is 0 Å². The fourth-order valence-corrected chi connectivity index (χ4v) is 1.05. The first-order chi connectivity index (χ1) is 7.18. The SMILES string of the molecule is NC1(N)N=NC=C1N=Nc1ccccc1. The van der Waals surface area contributed by atoms with Gasteiger partial charge in [0.25, 0.3) is 0 Å². The molecule has 6 nitrogen and oxygen atoms in total. The summed E-state index contributed by atoms with van der Waals surface area (Å²) in [6, 6.07) is 9.27. The highest BCUT2D eigenvalue weighted by atomic mass is 15.4. The van der Waals surface area contributed by atoms with E-state index in [1.165, 1.54) is 6.20 Å². The van der Waals surface area contributed by atoms with Gasteiger partial charge in [0.15, 0.2) is 0 Å². The van der Waals surface area contributed by atoms with Gasteiger partial charge >= 0.3 is 0 Å². The number of nitrogens with two attached hydrogens (primary N) is 2. The first-order valence-corrected chi connectivity index (χ1v) is 4.36. The molecule has 0 radical (unpaired) electrons. The molecule has 1 aromatic carbocycles. The second-order valence-electron chi connectivity index (χ2n) is 3.09. The lowest BCUT2D eigenvalue weighted by atomic mass is 10.3. The summed E-state index contributed by atoms with van der Waals surface area (Å²) in [5.41, 5.74) is 12.2. The topological polar surface area (TPSA) is 101 Å². The summed E-state index contributed by atoms with van der Waals surface area (Å²) in [4.78, 5) is 0. The normalized spacial score (nSPS) is 18.4. The van der Waals surface area contributed by atoms with E-state index in [2.05, 4.69) is 20.5 Å². The van der Waals surface area contributed by atoms with Gasteiger partial charge < -0.3 is 0 Å². The van der Waals surface area contributed by atoms with Crippen LogP contribution >= 0.6 is 0 Å². The molecule has 0 spiro atoms. The smallest absolute Gasteiger partial charge is 0.227 e. The zero-order valence-corrected chi connectivity index (χ0v) is 7.91. The summed E-state index contributed by atoms with van der Waals surface area (Å²) in [5.74, 6) is -1.35. The fraction of sp³-hybridized carbons (Fsp3) is 0.111. The van der Waals surface area contributed by atoms with Gasteiger partial charge in [0.05, 0.1) is 11.9 Å². The van der Waals surface area contributed by atoms with Crippen LogP contribution in [0.15, 0.2) is 62.7 Å². The minimum absolute atomic E-state index is 0.339. The Hall–Kier alpha value is -1.92. The van der Waals surface area contributed by atoms with Gasteiger partial charge in [-0.2, -0.15) is 10.2 Å². The molecule has 15 heavy (non-hydrogen) atoms. The van der Waals surface area contributed by atoms with Gasteiger partial charge in [-0.1, -0.05) is 18.2 Å². The van der Waals surface area contributed by atoms with Crippen LogP contribution < -0.4 is 11.5 Å². The molecule has 1 aliphatic heterocycles. The average Bonchev–Trinajstić information content (AvgIpc) is 2.56. The van der Waals surface area contributed by atoms with Crippen molar-refractivity contribution < 1.29 is 0 Å². The van der Waals surface area contributed by atoms with Crippen LogP contribution in [0.4, 0.5) is 5.69 Å². The van der Waals surface area contributed by atoms with Gasteiger partial charge in [0, 0.05) is 0 Å². The highest BCUT2D eigenvalue weighted by Gasteiger charge is 2.28. The lowest BCUT2D eigenvalue weighted by molar-refractivity contribution is 0.534. The van der Waals surface area contributed by atoms with Gasteiger partial charge in [0.2, 0.25) is 5.79 Å². The number of benzene rings is 1. The van der Waals surface area contributed by atoms with E-state index in [4.69, 9.17) is 11.5 Å².